The highest BCUT2D eigenvalue weighted by atomic mass is 16.5. The maximum Gasteiger partial charge on any atom is 0.0594 e. The average Bonchev–Trinajstić information content (AvgIpc) is 2.49. The van der Waals surface area contributed by atoms with Crippen molar-refractivity contribution in [1.82, 2.24) is 9.80 Å². The van der Waals surface area contributed by atoms with Gasteiger partial charge in [0.05, 0.1) is 26.4 Å². The molecule has 2 saturated heterocycles. The summed E-state index contributed by atoms with van der Waals surface area (Å²) in [6.07, 6.45) is 6.29. The second kappa shape index (κ2) is 9.72. The molecular weight excluding hydrogens is 252 g/mol. The lowest BCUT2D eigenvalue weighted by atomic mass is 10.0. The molecule has 0 aromatic carbocycles. The topological polar surface area (TPSA) is 24.9 Å². The van der Waals surface area contributed by atoms with Crippen molar-refractivity contribution in [2.24, 2.45) is 5.92 Å². The van der Waals surface area contributed by atoms with Crippen LogP contribution in [0.3, 0.4) is 0 Å². The van der Waals surface area contributed by atoms with Crippen molar-refractivity contribution in [3.63, 3.8) is 0 Å². The fourth-order valence-corrected chi connectivity index (χ4v) is 2.99. The SMILES string of the molecule is CC(C[CH]CCCN1CCOCC1)CN1CCOCC1. The molecule has 0 saturated carbocycles. The van der Waals surface area contributed by atoms with Gasteiger partial charge >= 0.3 is 0 Å². The van der Waals surface area contributed by atoms with Crippen LogP contribution in [0.4, 0.5) is 0 Å². The fraction of sp³-hybridized carbons (Fsp3) is 0.938. The third kappa shape index (κ3) is 6.53. The predicted octanol–water partition coefficient (Wildman–Crippen LogP) is 1.66. The molecule has 0 spiro atoms. The average molecular weight is 283 g/mol. The van der Waals surface area contributed by atoms with Gasteiger partial charge < -0.3 is 9.47 Å². The van der Waals surface area contributed by atoms with Gasteiger partial charge in [0.25, 0.3) is 0 Å². The number of ether oxygens (including phenoxy) is 2. The van der Waals surface area contributed by atoms with Gasteiger partial charge in [-0.2, -0.15) is 0 Å². The van der Waals surface area contributed by atoms with Crippen molar-refractivity contribution < 1.29 is 9.47 Å². The van der Waals surface area contributed by atoms with Gasteiger partial charge in [0.2, 0.25) is 0 Å². The third-order valence-electron chi connectivity index (χ3n) is 4.23. The van der Waals surface area contributed by atoms with Crippen LogP contribution in [0.1, 0.15) is 26.2 Å². The summed E-state index contributed by atoms with van der Waals surface area (Å²) in [5.74, 6) is 0.775. The zero-order valence-corrected chi connectivity index (χ0v) is 13.1. The molecule has 2 rings (SSSR count). The number of hydrogen-bond acceptors (Lipinski definition) is 4. The van der Waals surface area contributed by atoms with Crippen molar-refractivity contribution >= 4 is 0 Å². The second-order valence-corrected chi connectivity index (χ2v) is 6.14. The van der Waals surface area contributed by atoms with Crippen molar-refractivity contribution in [1.29, 1.82) is 0 Å². The van der Waals surface area contributed by atoms with E-state index in [1.807, 2.05) is 0 Å². The summed E-state index contributed by atoms with van der Waals surface area (Å²) in [5.41, 5.74) is 0. The van der Waals surface area contributed by atoms with Gasteiger partial charge in [0.15, 0.2) is 0 Å². The summed E-state index contributed by atoms with van der Waals surface area (Å²) >= 11 is 0. The first-order chi connectivity index (χ1) is 9.84. The molecular formula is C16H31N2O2. The summed E-state index contributed by atoms with van der Waals surface area (Å²) in [5, 5.41) is 0. The molecule has 20 heavy (non-hydrogen) atoms. The molecule has 1 unspecified atom stereocenters. The predicted molar refractivity (Wildman–Crippen MR) is 81.8 cm³/mol. The van der Waals surface area contributed by atoms with Crippen LogP contribution in [0.5, 0.6) is 0 Å². The lowest BCUT2D eigenvalue weighted by Crippen LogP contribution is -2.38. The molecule has 4 heteroatoms. The van der Waals surface area contributed by atoms with E-state index >= 15 is 0 Å². The van der Waals surface area contributed by atoms with E-state index in [4.69, 9.17) is 9.47 Å². The molecule has 2 heterocycles. The van der Waals surface area contributed by atoms with E-state index in [0.717, 1.165) is 58.5 Å². The van der Waals surface area contributed by atoms with E-state index in [1.54, 1.807) is 0 Å². The van der Waals surface area contributed by atoms with Gasteiger partial charge in [0.1, 0.15) is 0 Å². The molecule has 0 aromatic heterocycles. The number of unbranched alkanes of at least 4 members (excludes halogenated alkanes) is 2. The van der Waals surface area contributed by atoms with E-state index in [0.29, 0.717) is 0 Å². The minimum Gasteiger partial charge on any atom is -0.379 e. The van der Waals surface area contributed by atoms with Crippen LogP contribution < -0.4 is 0 Å². The minimum atomic E-state index is 0.775. The highest BCUT2D eigenvalue weighted by Crippen LogP contribution is 2.12. The van der Waals surface area contributed by atoms with Crippen LogP contribution in [0.2, 0.25) is 0 Å². The van der Waals surface area contributed by atoms with Gasteiger partial charge in [-0.15, -0.1) is 0 Å². The zero-order valence-electron chi connectivity index (χ0n) is 13.1. The van der Waals surface area contributed by atoms with Crippen molar-refractivity contribution in [3.8, 4) is 0 Å². The van der Waals surface area contributed by atoms with Crippen molar-refractivity contribution in [3.05, 3.63) is 6.42 Å². The molecule has 1 atom stereocenters. The first kappa shape index (κ1) is 16.2. The van der Waals surface area contributed by atoms with Crippen molar-refractivity contribution in [2.45, 2.75) is 26.2 Å². The normalized spacial score (nSPS) is 23.9. The Kier molecular flexibility index (Phi) is 7.88. The Morgan fingerprint density at radius 1 is 0.950 bits per heavy atom. The monoisotopic (exact) mass is 283 g/mol. The van der Waals surface area contributed by atoms with E-state index in [9.17, 15) is 0 Å². The molecule has 0 aromatic rings. The highest BCUT2D eigenvalue weighted by Gasteiger charge is 2.13. The molecule has 2 aliphatic rings. The van der Waals surface area contributed by atoms with Gasteiger partial charge in [-0.05, 0) is 38.1 Å². The standard InChI is InChI=1S/C16H31N2O2/c1-16(15-18-9-13-20-14-10-18)5-3-2-4-6-17-7-11-19-12-8-17/h3,16H,2,4-15H2,1H3. The fourth-order valence-electron chi connectivity index (χ4n) is 2.99. The van der Waals surface area contributed by atoms with Crippen LogP contribution in [0.25, 0.3) is 0 Å². The van der Waals surface area contributed by atoms with Gasteiger partial charge in [0, 0.05) is 32.7 Å². The zero-order chi connectivity index (χ0) is 14.0. The highest BCUT2D eigenvalue weighted by molar-refractivity contribution is 4.74. The molecule has 2 aliphatic heterocycles. The molecule has 0 bridgehead atoms. The van der Waals surface area contributed by atoms with Crippen molar-refractivity contribution in [2.75, 3.05) is 65.7 Å². The number of morpholine rings is 2. The van der Waals surface area contributed by atoms with Crippen LogP contribution in [-0.4, -0.2) is 75.5 Å². The van der Waals surface area contributed by atoms with E-state index < -0.39 is 0 Å². The molecule has 1 radical (unpaired) electrons. The Hall–Kier alpha value is -0.160. The Labute approximate surface area is 124 Å². The minimum absolute atomic E-state index is 0.775. The van der Waals surface area contributed by atoms with Crippen LogP contribution in [-0.2, 0) is 9.47 Å². The summed E-state index contributed by atoms with van der Waals surface area (Å²) in [6.45, 7) is 12.9. The van der Waals surface area contributed by atoms with E-state index in [2.05, 4.69) is 23.1 Å². The first-order valence-electron chi connectivity index (χ1n) is 8.26. The molecule has 0 N–H and O–H groups in total. The summed E-state index contributed by atoms with van der Waals surface area (Å²) in [6, 6.07) is 0. The van der Waals surface area contributed by atoms with Gasteiger partial charge in [-0.3, -0.25) is 9.80 Å². The summed E-state index contributed by atoms with van der Waals surface area (Å²) in [7, 11) is 0. The quantitative estimate of drug-likeness (QED) is 0.633. The summed E-state index contributed by atoms with van der Waals surface area (Å²) in [4.78, 5) is 5.06. The van der Waals surface area contributed by atoms with Crippen LogP contribution in [0, 0.1) is 12.3 Å². The van der Waals surface area contributed by atoms with Crippen LogP contribution >= 0.6 is 0 Å². The number of hydrogen-bond donors (Lipinski definition) is 0. The molecule has 117 valence electrons. The Bertz CT molecular complexity index is 239. The van der Waals surface area contributed by atoms with Gasteiger partial charge in [-0.25, -0.2) is 0 Å². The Morgan fingerprint density at radius 3 is 2.20 bits per heavy atom. The maximum absolute atomic E-state index is 5.39. The molecule has 0 amide bonds. The second-order valence-electron chi connectivity index (χ2n) is 6.14. The van der Waals surface area contributed by atoms with E-state index in [1.165, 1.54) is 32.4 Å². The lowest BCUT2D eigenvalue weighted by Gasteiger charge is -2.29. The largest absolute Gasteiger partial charge is 0.379 e. The maximum atomic E-state index is 5.39. The lowest BCUT2D eigenvalue weighted by molar-refractivity contribution is 0.0316. The first-order valence-corrected chi connectivity index (χ1v) is 8.26. The van der Waals surface area contributed by atoms with E-state index in [-0.39, 0.29) is 0 Å². The third-order valence-corrected chi connectivity index (χ3v) is 4.23. The molecule has 4 nitrogen and oxygen atoms in total. The Morgan fingerprint density at radius 2 is 1.55 bits per heavy atom. The Balaban J connectivity index is 1.43. The molecule has 2 fully saturated rings. The van der Waals surface area contributed by atoms with Gasteiger partial charge in [-0.1, -0.05) is 6.92 Å². The number of nitrogens with zero attached hydrogens (tertiary/aromatic N) is 2. The summed E-state index contributed by atoms with van der Waals surface area (Å²) < 4.78 is 10.8. The molecule has 0 aliphatic carbocycles. The number of rotatable bonds is 8. The van der Waals surface area contributed by atoms with Crippen LogP contribution in [0.15, 0.2) is 0 Å². The smallest absolute Gasteiger partial charge is 0.0594 e.